The Labute approximate surface area is 81.3 Å². The molecule has 0 aromatic rings. The van der Waals surface area contributed by atoms with Crippen molar-refractivity contribution in [2.75, 3.05) is 13.1 Å². The molecular weight excluding hydrogens is 181 g/mol. The minimum atomic E-state index is 0. The second kappa shape index (κ2) is 4.54. The monoisotopic (exact) mass is 197 g/mol. The summed E-state index contributed by atoms with van der Waals surface area (Å²) in [5.41, 5.74) is 0. The van der Waals surface area contributed by atoms with Crippen LogP contribution in [0.3, 0.4) is 0 Å². The molecule has 1 unspecified atom stereocenters. The van der Waals surface area contributed by atoms with Crippen LogP contribution in [0.2, 0.25) is 0 Å². The highest BCUT2D eigenvalue weighted by atomic mass is 35.5. The first-order valence-corrected chi connectivity index (χ1v) is 4.10. The lowest BCUT2D eigenvalue weighted by Crippen LogP contribution is -2.46. The van der Waals surface area contributed by atoms with E-state index in [4.69, 9.17) is 0 Å². The Morgan fingerprint density at radius 2 is 1.64 bits per heavy atom. The van der Waals surface area contributed by atoms with Crippen molar-refractivity contribution in [1.29, 1.82) is 0 Å². The van der Waals surface area contributed by atoms with Gasteiger partial charge in [-0.15, -0.1) is 24.8 Å². The van der Waals surface area contributed by atoms with Gasteiger partial charge in [-0.05, 0) is 45.2 Å². The summed E-state index contributed by atoms with van der Waals surface area (Å²) in [5, 5.41) is 0. The van der Waals surface area contributed by atoms with Crippen molar-refractivity contribution in [3.63, 3.8) is 0 Å². The second-order valence-electron chi connectivity index (χ2n) is 3.56. The van der Waals surface area contributed by atoms with Gasteiger partial charge in [0.25, 0.3) is 0 Å². The van der Waals surface area contributed by atoms with E-state index in [1.54, 1.807) is 0 Å². The third kappa shape index (κ3) is 2.24. The van der Waals surface area contributed by atoms with E-state index in [0.717, 1.165) is 12.0 Å². The van der Waals surface area contributed by atoms with E-state index in [9.17, 15) is 0 Å². The molecule has 1 atom stereocenters. The standard InChI is InChI=1S/C8H15N.2ClH/c1-7-6-8-2-4-9(7)5-3-8;;/h7-8H,2-6H2,1H3;2*1H. The van der Waals surface area contributed by atoms with Gasteiger partial charge in [-0.2, -0.15) is 0 Å². The van der Waals surface area contributed by atoms with Gasteiger partial charge in [0.2, 0.25) is 0 Å². The average Bonchev–Trinajstić information content (AvgIpc) is 1.90. The number of rotatable bonds is 0. The van der Waals surface area contributed by atoms with Gasteiger partial charge in [-0.1, -0.05) is 0 Å². The van der Waals surface area contributed by atoms with Crippen LogP contribution in [0.25, 0.3) is 0 Å². The lowest BCUT2D eigenvalue weighted by molar-refractivity contribution is 0.0594. The number of fused-ring (bicyclic) bond motifs is 3. The van der Waals surface area contributed by atoms with E-state index in [0.29, 0.717) is 0 Å². The summed E-state index contributed by atoms with van der Waals surface area (Å²) in [6, 6.07) is 0.900. The molecule has 11 heavy (non-hydrogen) atoms. The van der Waals surface area contributed by atoms with Crippen molar-refractivity contribution >= 4 is 24.8 Å². The molecule has 0 radical (unpaired) electrons. The first-order chi connectivity index (χ1) is 4.36. The average molecular weight is 198 g/mol. The molecular formula is C8H17Cl2N. The Bertz CT molecular complexity index is 111. The summed E-state index contributed by atoms with van der Waals surface area (Å²) in [6.07, 6.45) is 4.43. The summed E-state index contributed by atoms with van der Waals surface area (Å²) in [6.45, 7) is 5.13. The van der Waals surface area contributed by atoms with Crippen molar-refractivity contribution in [3.05, 3.63) is 0 Å². The minimum Gasteiger partial charge on any atom is -0.301 e. The molecule has 0 amide bonds. The Kier molecular flexibility index (Phi) is 4.76. The Morgan fingerprint density at radius 3 is 1.82 bits per heavy atom. The van der Waals surface area contributed by atoms with E-state index in [1.807, 2.05) is 0 Å². The number of piperidine rings is 3. The Hall–Kier alpha value is 0.540. The smallest absolute Gasteiger partial charge is 0.00695 e. The Balaban J connectivity index is 0.000000500. The van der Waals surface area contributed by atoms with Gasteiger partial charge in [0.05, 0.1) is 0 Å². The Morgan fingerprint density at radius 1 is 1.09 bits per heavy atom. The maximum absolute atomic E-state index is 2.62. The second-order valence-corrected chi connectivity index (χ2v) is 3.56. The van der Waals surface area contributed by atoms with Crippen LogP contribution in [0.4, 0.5) is 0 Å². The zero-order chi connectivity index (χ0) is 6.27. The fraction of sp³-hybridized carbons (Fsp3) is 1.00. The molecule has 3 heteroatoms. The van der Waals surface area contributed by atoms with Gasteiger partial charge >= 0.3 is 0 Å². The van der Waals surface area contributed by atoms with Gasteiger partial charge in [0.15, 0.2) is 0 Å². The van der Waals surface area contributed by atoms with Crippen molar-refractivity contribution in [2.45, 2.75) is 32.2 Å². The molecule has 0 N–H and O–H groups in total. The molecule has 3 fully saturated rings. The quantitative estimate of drug-likeness (QED) is 0.577. The molecule has 0 aliphatic carbocycles. The van der Waals surface area contributed by atoms with Gasteiger partial charge in [-0.25, -0.2) is 0 Å². The predicted molar refractivity (Wildman–Crippen MR) is 52.9 cm³/mol. The van der Waals surface area contributed by atoms with E-state index in [-0.39, 0.29) is 24.8 Å². The molecule has 3 aliphatic heterocycles. The zero-order valence-electron chi connectivity index (χ0n) is 6.95. The molecule has 3 heterocycles. The molecule has 1 nitrogen and oxygen atoms in total. The summed E-state index contributed by atoms with van der Waals surface area (Å²) in [7, 11) is 0. The van der Waals surface area contributed by atoms with E-state index >= 15 is 0 Å². The SMILES string of the molecule is CC1CC2CCN1CC2.Cl.Cl. The maximum Gasteiger partial charge on any atom is 0.00695 e. The first-order valence-electron chi connectivity index (χ1n) is 4.10. The highest BCUT2D eigenvalue weighted by Crippen LogP contribution is 2.30. The number of hydrogen-bond donors (Lipinski definition) is 0. The van der Waals surface area contributed by atoms with E-state index < -0.39 is 0 Å². The first kappa shape index (κ1) is 11.5. The van der Waals surface area contributed by atoms with Crippen LogP contribution in [0.5, 0.6) is 0 Å². The fourth-order valence-electron chi connectivity index (χ4n) is 2.26. The number of hydrogen-bond acceptors (Lipinski definition) is 1. The van der Waals surface area contributed by atoms with Crippen LogP contribution in [-0.4, -0.2) is 24.0 Å². The van der Waals surface area contributed by atoms with Crippen molar-refractivity contribution in [2.24, 2.45) is 5.92 Å². The van der Waals surface area contributed by atoms with E-state index in [1.165, 1.54) is 32.4 Å². The van der Waals surface area contributed by atoms with Gasteiger partial charge in [0.1, 0.15) is 0 Å². The predicted octanol–water partition coefficient (Wildman–Crippen LogP) is 2.33. The largest absolute Gasteiger partial charge is 0.301 e. The molecule has 0 aromatic heterocycles. The summed E-state index contributed by atoms with van der Waals surface area (Å²) < 4.78 is 0. The lowest BCUT2D eigenvalue weighted by Gasteiger charge is -2.43. The molecule has 0 spiro atoms. The molecule has 3 rings (SSSR count). The molecule has 68 valence electrons. The summed E-state index contributed by atoms with van der Waals surface area (Å²) in [4.78, 5) is 2.62. The normalized spacial score (nSPS) is 40.6. The third-order valence-electron chi connectivity index (χ3n) is 2.95. The molecule has 3 saturated heterocycles. The molecule has 3 aliphatic rings. The minimum absolute atomic E-state index is 0. The highest BCUT2D eigenvalue weighted by Gasteiger charge is 2.30. The van der Waals surface area contributed by atoms with E-state index in [2.05, 4.69) is 11.8 Å². The zero-order valence-corrected chi connectivity index (χ0v) is 8.59. The van der Waals surface area contributed by atoms with Crippen LogP contribution in [-0.2, 0) is 0 Å². The molecule has 0 aromatic carbocycles. The third-order valence-corrected chi connectivity index (χ3v) is 2.95. The van der Waals surface area contributed by atoms with Gasteiger partial charge in [-0.3, -0.25) is 0 Å². The number of nitrogens with zero attached hydrogens (tertiary/aromatic N) is 1. The maximum atomic E-state index is 2.62. The summed E-state index contributed by atoms with van der Waals surface area (Å²) in [5.74, 6) is 1.09. The van der Waals surface area contributed by atoms with Gasteiger partial charge < -0.3 is 4.90 Å². The highest BCUT2D eigenvalue weighted by molar-refractivity contribution is 5.85. The summed E-state index contributed by atoms with van der Waals surface area (Å²) >= 11 is 0. The van der Waals surface area contributed by atoms with Crippen LogP contribution < -0.4 is 0 Å². The number of halogens is 2. The van der Waals surface area contributed by atoms with Crippen molar-refractivity contribution in [3.8, 4) is 0 Å². The van der Waals surface area contributed by atoms with Crippen LogP contribution in [0.15, 0.2) is 0 Å². The molecule has 2 bridgehead atoms. The molecule has 0 saturated carbocycles. The van der Waals surface area contributed by atoms with Crippen molar-refractivity contribution in [1.82, 2.24) is 4.90 Å². The van der Waals surface area contributed by atoms with Crippen LogP contribution in [0.1, 0.15) is 26.2 Å². The lowest BCUT2D eigenvalue weighted by atomic mass is 9.84. The van der Waals surface area contributed by atoms with Crippen molar-refractivity contribution < 1.29 is 0 Å². The topological polar surface area (TPSA) is 3.24 Å². The fourth-order valence-corrected chi connectivity index (χ4v) is 2.26. The van der Waals surface area contributed by atoms with Crippen LogP contribution in [0, 0.1) is 5.92 Å². The van der Waals surface area contributed by atoms with Gasteiger partial charge in [0, 0.05) is 6.04 Å². The van der Waals surface area contributed by atoms with Crippen LogP contribution >= 0.6 is 24.8 Å².